The summed E-state index contributed by atoms with van der Waals surface area (Å²) in [6.07, 6.45) is 3.32. The number of nitrogens with one attached hydrogen (secondary N) is 4. The molecule has 0 saturated heterocycles. The van der Waals surface area contributed by atoms with Crippen LogP contribution in [0.25, 0.3) is 22.0 Å². The van der Waals surface area contributed by atoms with Crippen LogP contribution in [0.5, 0.6) is 0 Å². The van der Waals surface area contributed by atoms with Crippen LogP contribution in [0.4, 0.5) is 4.79 Å². The second-order valence-corrected chi connectivity index (χ2v) is 13.9. The summed E-state index contributed by atoms with van der Waals surface area (Å²) in [5.41, 5.74) is 6.23. The molecule has 0 aliphatic heterocycles. The molecule has 13 heteroatoms. The fourth-order valence-electron chi connectivity index (χ4n) is 6.03. The number of H-pyrrole nitrogens is 1. The van der Waals surface area contributed by atoms with Crippen LogP contribution in [-0.2, 0) is 38.9 Å². The number of aromatic amines is 1. The largest absolute Gasteiger partial charge is 0.475 e. The Hall–Kier alpha value is -4.74. The molecule has 0 fully saturated rings. The molecule has 0 bridgehead atoms. The highest BCUT2D eigenvalue weighted by Crippen LogP contribution is 2.49. The maximum absolute atomic E-state index is 13.2. The molecule has 1 aliphatic rings. The zero-order chi connectivity index (χ0) is 36.2. The van der Waals surface area contributed by atoms with Crippen molar-refractivity contribution in [2.45, 2.75) is 38.6 Å². The predicted molar refractivity (Wildman–Crippen MR) is 195 cm³/mol. The molecule has 270 valence electrons. The molecule has 3 amide bonds. The lowest BCUT2D eigenvalue weighted by atomic mass is 9.98. The van der Waals surface area contributed by atoms with E-state index in [1.165, 1.54) is 6.08 Å². The zero-order valence-electron chi connectivity index (χ0n) is 28.9. The third-order valence-corrected chi connectivity index (χ3v) is 10.3. The van der Waals surface area contributed by atoms with Gasteiger partial charge in [-0.15, -0.1) is 6.58 Å². The Morgan fingerprint density at radius 3 is 2.20 bits per heavy atom. The highest BCUT2D eigenvalue weighted by molar-refractivity contribution is 7.48. The molecule has 4 aromatic rings. The minimum absolute atomic E-state index is 0.0208. The number of para-hydroxylation sites is 1. The van der Waals surface area contributed by atoms with Gasteiger partial charge in [0.2, 0.25) is 11.8 Å². The third kappa shape index (κ3) is 9.74. The van der Waals surface area contributed by atoms with Crippen LogP contribution in [0.1, 0.15) is 42.9 Å². The summed E-state index contributed by atoms with van der Waals surface area (Å²) in [6.45, 7) is 7.00. The van der Waals surface area contributed by atoms with Crippen molar-refractivity contribution in [3.63, 3.8) is 0 Å². The maximum atomic E-state index is 13.2. The van der Waals surface area contributed by atoms with Crippen LogP contribution >= 0.6 is 7.82 Å². The quantitative estimate of drug-likeness (QED) is 0.0505. The molecule has 12 nitrogen and oxygen atoms in total. The van der Waals surface area contributed by atoms with Crippen LogP contribution in [0.3, 0.4) is 0 Å². The Morgan fingerprint density at radius 1 is 0.902 bits per heavy atom. The fourth-order valence-corrected chi connectivity index (χ4v) is 7.18. The molecule has 1 aromatic heterocycles. The van der Waals surface area contributed by atoms with E-state index < -0.39 is 25.9 Å². The van der Waals surface area contributed by atoms with Gasteiger partial charge in [-0.05, 0) is 39.8 Å². The average Bonchev–Trinajstić information content (AvgIpc) is 3.70. The van der Waals surface area contributed by atoms with Crippen LogP contribution in [0.2, 0.25) is 0 Å². The highest BCUT2D eigenvalue weighted by Gasteiger charge is 2.30. The highest BCUT2D eigenvalue weighted by atomic mass is 31.2. The van der Waals surface area contributed by atoms with Gasteiger partial charge in [-0.3, -0.25) is 23.2 Å². The van der Waals surface area contributed by atoms with E-state index in [1.54, 1.807) is 6.20 Å². The van der Waals surface area contributed by atoms with Crippen molar-refractivity contribution >= 4 is 36.6 Å². The van der Waals surface area contributed by atoms with Crippen LogP contribution in [0.15, 0.2) is 91.6 Å². The van der Waals surface area contributed by atoms with E-state index in [-0.39, 0.29) is 63.7 Å². The number of fused-ring (bicyclic) bond motifs is 4. The number of hydrogen-bond donors (Lipinski definition) is 4. The number of carbonyl (C=O) groups excluding carboxylic acids is 3. The number of phosphoric acid groups is 1. The van der Waals surface area contributed by atoms with Crippen LogP contribution in [-0.4, -0.2) is 68.5 Å². The third-order valence-electron chi connectivity index (χ3n) is 8.80. The van der Waals surface area contributed by atoms with Crippen molar-refractivity contribution in [2.24, 2.45) is 5.92 Å². The summed E-state index contributed by atoms with van der Waals surface area (Å²) in [6, 6.07) is 23.0. The molecule has 1 aliphatic carbocycles. The van der Waals surface area contributed by atoms with Gasteiger partial charge in [0.15, 0.2) is 0 Å². The molecule has 3 atom stereocenters. The van der Waals surface area contributed by atoms with Crippen molar-refractivity contribution < 1.29 is 37.3 Å². The van der Waals surface area contributed by atoms with Crippen molar-refractivity contribution in [1.82, 2.24) is 20.9 Å². The van der Waals surface area contributed by atoms with Gasteiger partial charge in [0, 0.05) is 36.1 Å². The first kappa shape index (κ1) is 37.5. The second kappa shape index (κ2) is 18.0. The van der Waals surface area contributed by atoms with Gasteiger partial charge in [-0.1, -0.05) is 93.1 Å². The summed E-state index contributed by atoms with van der Waals surface area (Å²) >= 11 is 0. The van der Waals surface area contributed by atoms with E-state index >= 15 is 0 Å². The van der Waals surface area contributed by atoms with E-state index in [0.29, 0.717) is 6.42 Å². The van der Waals surface area contributed by atoms with E-state index in [4.69, 9.17) is 18.3 Å². The van der Waals surface area contributed by atoms with E-state index in [9.17, 15) is 18.9 Å². The Kier molecular flexibility index (Phi) is 13.2. The first-order valence-electron chi connectivity index (χ1n) is 17.1. The Balaban J connectivity index is 1.04. The molecule has 5 rings (SSSR count). The van der Waals surface area contributed by atoms with Gasteiger partial charge < -0.3 is 25.7 Å². The number of ether oxygens (including phenoxy) is 1. The van der Waals surface area contributed by atoms with Gasteiger partial charge in [-0.2, -0.15) is 0 Å². The number of aromatic nitrogens is 1. The normalized spacial score (nSPS) is 14.5. The molecule has 0 radical (unpaired) electrons. The zero-order valence-corrected chi connectivity index (χ0v) is 29.8. The fraction of sp³-hybridized carbons (Fsp3) is 0.342. The minimum Gasteiger partial charge on any atom is -0.449 e. The number of rotatable bonds is 19. The Labute approximate surface area is 297 Å². The van der Waals surface area contributed by atoms with E-state index in [0.717, 1.165) is 38.7 Å². The van der Waals surface area contributed by atoms with E-state index in [1.807, 2.05) is 74.5 Å². The molecule has 1 heterocycles. The molecule has 4 N–H and O–H groups in total. The lowest BCUT2D eigenvalue weighted by Gasteiger charge is -2.24. The molecular formula is C38H45N4O8P. The number of carbonyl (C=O) groups is 3. The van der Waals surface area contributed by atoms with Gasteiger partial charge in [0.25, 0.3) is 0 Å². The van der Waals surface area contributed by atoms with Crippen molar-refractivity contribution in [2.75, 3.05) is 39.5 Å². The standard InChI is InChI=1S/C38H45N4O8P/c1-4-20-48-51(46,50-22-19-40-38(45)47-25-33-31-15-8-6-13-29(31)30-14-7-9-16-32(30)33)49-21-18-39-37(44)36(26(3)5-2)42-35(43)23-27-24-41-34-17-11-10-12-28(27)34/h4,6-17,24,26,33,36,41H,1,5,18-23,25H2,2-3H3,(H,39,44)(H,40,45)(H,42,43)/t26-,36-,51?/m0/s1. The molecule has 51 heavy (non-hydrogen) atoms. The van der Waals surface area contributed by atoms with Crippen LogP contribution < -0.4 is 16.0 Å². The monoisotopic (exact) mass is 716 g/mol. The molecular weight excluding hydrogens is 671 g/mol. The van der Waals surface area contributed by atoms with Gasteiger partial charge in [0.05, 0.1) is 26.2 Å². The van der Waals surface area contributed by atoms with Crippen LogP contribution in [0, 0.1) is 5.92 Å². The van der Waals surface area contributed by atoms with Gasteiger partial charge >= 0.3 is 13.9 Å². The van der Waals surface area contributed by atoms with Gasteiger partial charge in [0.1, 0.15) is 12.6 Å². The smallest absolute Gasteiger partial charge is 0.449 e. The second-order valence-electron chi connectivity index (χ2n) is 12.2. The molecule has 0 spiro atoms. The summed E-state index contributed by atoms with van der Waals surface area (Å²) in [4.78, 5) is 41.8. The van der Waals surface area contributed by atoms with Crippen molar-refractivity contribution in [3.8, 4) is 11.1 Å². The van der Waals surface area contributed by atoms with Crippen molar-refractivity contribution in [3.05, 3.63) is 108 Å². The SMILES string of the molecule is C=CCOP(=O)(OCCNC(=O)OCC1c2ccccc2-c2ccccc21)OCCNC(=O)[C@@H](NC(=O)Cc1c[nH]c2ccccc12)[C@@H](C)CC. The summed E-state index contributed by atoms with van der Waals surface area (Å²) in [5.74, 6) is -0.899. The number of alkyl carbamates (subject to hydrolysis) is 1. The summed E-state index contributed by atoms with van der Waals surface area (Å²) in [5, 5.41) is 9.16. The number of benzene rings is 3. The summed E-state index contributed by atoms with van der Waals surface area (Å²) < 4.78 is 34.9. The minimum atomic E-state index is -4.07. The molecule has 0 saturated carbocycles. The summed E-state index contributed by atoms with van der Waals surface area (Å²) in [7, 11) is -4.07. The first-order chi connectivity index (χ1) is 24.7. The lowest BCUT2D eigenvalue weighted by molar-refractivity contribution is -0.130. The molecule has 3 aromatic carbocycles. The number of phosphoric ester groups is 1. The lowest BCUT2D eigenvalue weighted by Crippen LogP contribution is -2.51. The topological polar surface area (TPSA) is 157 Å². The maximum Gasteiger partial charge on any atom is 0.475 e. The first-order valence-corrected chi connectivity index (χ1v) is 18.5. The number of hydrogen-bond acceptors (Lipinski definition) is 8. The van der Waals surface area contributed by atoms with Crippen molar-refractivity contribution in [1.29, 1.82) is 0 Å². The predicted octanol–water partition coefficient (Wildman–Crippen LogP) is 6.24. The number of amides is 3. The van der Waals surface area contributed by atoms with Gasteiger partial charge in [-0.25, -0.2) is 9.36 Å². The van der Waals surface area contributed by atoms with E-state index in [2.05, 4.69) is 39.6 Å². The Morgan fingerprint density at radius 2 is 1.53 bits per heavy atom. The Bertz CT molecular complexity index is 1830. The molecule has 1 unspecified atom stereocenters. The average molecular weight is 717 g/mol.